The standard InChI is InChI=1S/C29H33ClFN3O4S/c1-5-26(28(36)32-29(2,3)4)33(19-21-11-15-23(31)16-12-21)27(35)20-34(24-9-7-6-8-10-24)39(37,38)25-17-13-22(30)14-18-25/h6-18,26H,5,19-20H2,1-4H3,(H,32,36). The molecule has 0 aromatic heterocycles. The van der Waals surface area contributed by atoms with Crippen molar-refractivity contribution in [2.45, 2.75) is 57.1 Å². The lowest BCUT2D eigenvalue weighted by molar-refractivity contribution is -0.141. The number of halogens is 2. The summed E-state index contributed by atoms with van der Waals surface area (Å²) in [5.41, 5.74) is 0.330. The van der Waals surface area contributed by atoms with Gasteiger partial charge in [-0.15, -0.1) is 0 Å². The molecule has 3 aromatic carbocycles. The molecule has 0 spiro atoms. The van der Waals surface area contributed by atoms with E-state index in [0.717, 1.165) is 4.31 Å². The average molecular weight is 574 g/mol. The summed E-state index contributed by atoms with van der Waals surface area (Å²) in [5.74, 6) is -1.39. The maximum Gasteiger partial charge on any atom is 0.264 e. The van der Waals surface area contributed by atoms with E-state index in [9.17, 15) is 22.4 Å². The first-order valence-electron chi connectivity index (χ1n) is 12.5. The maximum absolute atomic E-state index is 13.9. The molecule has 3 rings (SSSR count). The highest BCUT2D eigenvalue weighted by molar-refractivity contribution is 7.92. The zero-order valence-corrected chi connectivity index (χ0v) is 24.0. The first-order valence-corrected chi connectivity index (χ1v) is 14.3. The van der Waals surface area contributed by atoms with Crippen molar-refractivity contribution >= 4 is 39.1 Å². The van der Waals surface area contributed by atoms with Gasteiger partial charge in [0.1, 0.15) is 18.4 Å². The monoisotopic (exact) mass is 573 g/mol. The second-order valence-electron chi connectivity index (χ2n) is 10.1. The van der Waals surface area contributed by atoms with Crippen LogP contribution in [-0.2, 0) is 26.2 Å². The number of nitrogens with one attached hydrogen (secondary N) is 1. The first-order chi connectivity index (χ1) is 18.3. The van der Waals surface area contributed by atoms with Crippen LogP contribution in [0, 0.1) is 5.82 Å². The van der Waals surface area contributed by atoms with E-state index >= 15 is 0 Å². The summed E-state index contributed by atoms with van der Waals surface area (Å²) in [6.07, 6.45) is 0.282. The van der Waals surface area contributed by atoms with Gasteiger partial charge >= 0.3 is 0 Å². The Hall–Kier alpha value is -3.43. The summed E-state index contributed by atoms with van der Waals surface area (Å²) >= 11 is 5.97. The van der Waals surface area contributed by atoms with Crippen LogP contribution in [0.15, 0.2) is 83.8 Å². The maximum atomic E-state index is 13.9. The van der Waals surface area contributed by atoms with Crippen molar-refractivity contribution in [1.82, 2.24) is 10.2 Å². The minimum Gasteiger partial charge on any atom is -0.350 e. The van der Waals surface area contributed by atoms with Gasteiger partial charge in [0.2, 0.25) is 11.8 Å². The van der Waals surface area contributed by atoms with E-state index in [1.165, 1.54) is 53.4 Å². The second kappa shape index (κ2) is 12.6. The molecule has 0 heterocycles. The van der Waals surface area contributed by atoms with E-state index in [1.807, 2.05) is 20.8 Å². The quantitative estimate of drug-likeness (QED) is 0.352. The van der Waals surface area contributed by atoms with Crippen LogP contribution in [0.25, 0.3) is 0 Å². The number of carbonyl (C=O) groups excluding carboxylic acids is 2. The van der Waals surface area contributed by atoms with Gasteiger partial charge in [-0.1, -0.05) is 48.9 Å². The number of benzene rings is 3. The van der Waals surface area contributed by atoms with Gasteiger partial charge in [-0.05, 0) is 81.3 Å². The number of hydrogen-bond acceptors (Lipinski definition) is 4. The predicted molar refractivity (Wildman–Crippen MR) is 151 cm³/mol. The lowest BCUT2D eigenvalue weighted by Gasteiger charge is -2.34. The van der Waals surface area contributed by atoms with Gasteiger partial charge in [-0.25, -0.2) is 12.8 Å². The third kappa shape index (κ3) is 8.03. The molecule has 10 heteroatoms. The Morgan fingerprint density at radius 3 is 2.08 bits per heavy atom. The Kier molecular flexibility index (Phi) is 9.74. The Morgan fingerprint density at radius 1 is 0.949 bits per heavy atom. The minimum absolute atomic E-state index is 0.0151. The fourth-order valence-corrected chi connectivity index (χ4v) is 5.56. The molecule has 0 aliphatic heterocycles. The number of rotatable bonds is 10. The number of nitrogens with zero attached hydrogens (tertiary/aromatic N) is 2. The molecule has 2 amide bonds. The van der Waals surface area contributed by atoms with Crippen molar-refractivity contribution in [3.63, 3.8) is 0 Å². The van der Waals surface area contributed by atoms with E-state index < -0.39 is 39.9 Å². The molecule has 0 aliphatic rings. The minimum atomic E-state index is -4.18. The molecule has 1 N–H and O–H groups in total. The van der Waals surface area contributed by atoms with Gasteiger partial charge in [-0.3, -0.25) is 13.9 Å². The first kappa shape index (κ1) is 30.1. The van der Waals surface area contributed by atoms with Gasteiger partial charge in [0.25, 0.3) is 10.0 Å². The summed E-state index contributed by atoms with van der Waals surface area (Å²) in [7, 11) is -4.18. The van der Waals surface area contributed by atoms with Crippen molar-refractivity contribution < 1.29 is 22.4 Å². The topological polar surface area (TPSA) is 86.8 Å². The molecule has 0 bridgehead atoms. The van der Waals surface area contributed by atoms with Gasteiger partial charge in [0.15, 0.2) is 0 Å². The van der Waals surface area contributed by atoms with Gasteiger partial charge in [-0.2, -0.15) is 0 Å². The molecular formula is C29H33ClFN3O4S. The molecule has 7 nitrogen and oxygen atoms in total. The lowest BCUT2D eigenvalue weighted by Crippen LogP contribution is -2.55. The Bertz CT molecular complexity index is 1380. The van der Waals surface area contributed by atoms with Crippen LogP contribution < -0.4 is 9.62 Å². The molecule has 3 aromatic rings. The van der Waals surface area contributed by atoms with Crippen molar-refractivity contribution in [2.75, 3.05) is 10.8 Å². The number of carbonyl (C=O) groups is 2. The van der Waals surface area contributed by atoms with Crippen LogP contribution in [0.2, 0.25) is 5.02 Å². The van der Waals surface area contributed by atoms with E-state index in [-0.39, 0.29) is 29.5 Å². The predicted octanol–water partition coefficient (Wildman–Crippen LogP) is 5.40. The van der Waals surface area contributed by atoms with Crippen LogP contribution >= 0.6 is 11.6 Å². The summed E-state index contributed by atoms with van der Waals surface area (Å²) < 4.78 is 42.1. The van der Waals surface area contributed by atoms with Crippen molar-refractivity contribution in [3.8, 4) is 0 Å². The van der Waals surface area contributed by atoms with Crippen LogP contribution in [0.5, 0.6) is 0 Å². The number of sulfonamides is 1. The van der Waals surface area contributed by atoms with Gasteiger partial charge < -0.3 is 10.2 Å². The van der Waals surface area contributed by atoms with E-state index in [4.69, 9.17) is 11.6 Å². The summed E-state index contributed by atoms with van der Waals surface area (Å²) in [5, 5.41) is 3.28. The SMILES string of the molecule is CCC(C(=O)NC(C)(C)C)N(Cc1ccc(F)cc1)C(=O)CN(c1ccccc1)S(=O)(=O)c1ccc(Cl)cc1. The fraction of sp³-hybridized carbons (Fsp3) is 0.310. The van der Waals surface area contributed by atoms with Crippen molar-refractivity contribution in [1.29, 1.82) is 0 Å². The van der Waals surface area contributed by atoms with Crippen LogP contribution in [0.1, 0.15) is 39.7 Å². The average Bonchev–Trinajstić information content (AvgIpc) is 2.87. The van der Waals surface area contributed by atoms with Gasteiger partial charge in [0.05, 0.1) is 10.6 Å². The third-order valence-electron chi connectivity index (χ3n) is 5.87. The highest BCUT2D eigenvalue weighted by atomic mass is 35.5. The Labute approximate surface area is 234 Å². The summed E-state index contributed by atoms with van der Waals surface area (Å²) in [6, 6.07) is 18.7. The molecule has 1 unspecified atom stereocenters. The van der Waals surface area contributed by atoms with Crippen LogP contribution in [-0.4, -0.2) is 43.3 Å². The van der Waals surface area contributed by atoms with E-state index in [2.05, 4.69) is 5.32 Å². The zero-order chi connectivity index (χ0) is 28.8. The molecule has 0 saturated carbocycles. The van der Waals surface area contributed by atoms with E-state index in [1.54, 1.807) is 37.3 Å². The Balaban J connectivity index is 2.04. The smallest absolute Gasteiger partial charge is 0.264 e. The molecule has 1 atom stereocenters. The highest BCUT2D eigenvalue weighted by Crippen LogP contribution is 2.25. The summed E-state index contributed by atoms with van der Waals surface area (Å²) in [6.45, 7) is 6.70. The fourth-order valence-electron chi connectivity index (χ4n) is 4.02. The zero-order valence-electron chi connectivity index (χ0n) is 22.4. The molecule has 208 valence electrons. The number of amides is 2. The van der Waals surface area contributed by atoms with E-state index in [0.29, 0.717) is 10.6 Å². The van der Waals surface area contributed by atoms with Crippen molar-refractivity contribution in [3.05, 3.63) is 95.3 Å². The number of anilines is 1. The molecular weight excluding hydrogens is 541 g/mol. The van der Waals surface area contributed by atoms with Crippen LogP contribution in [0.4, 0.5) is 10.1 Å². The number of para-hydroxylation sites is 1. The lowest BCUT2D eigenvalue weighted by atomic mass is 10.1. The third-order valence-corrected chi connectivity index (χ3v) is 7.92. The normalized spacial score (nSPS) is 12.5. The molecule has 0 saturated heterocycles. The van der Waals surface area contributed by atoms with Crippen LogP contribution in [0.3, 0.4) is 0 Å². The summed E-state index contributed by atoms with van der Waals surface area (Å²) in [4.78, 5) is 28.5. The largest absolute Gasteiger partial charge is 0.350 e. The Morgan fingerprint density at radius 2 is 1.54 bits per heavy atom. The second-order valence-corrected chi connectivity index (χ2v) is 12.4. The number of hydrogen-bond donors (Lipinski definition) is 1. The molecule has 0 radical (unpaired) electrons. The molecule has 39 heavy (non-hydrogen) atoms. The molecule has 0 fully saturated rings. The van der Waals surface area contributed by atoms with Gasteiger partial charge in [0, 0.05) is 17.1 Å². The van der Waals surface area contributed by atoms with Crippen molar-refractivity contribution in [2.24, 2.45) is 0 Å². The highest BCUT2D eigenvalue weighted by Gasteiger charge is 2.34. The molecule has 0 aliphatic carbocycles.